The molecule has 3 aromatic rings. The summed E-state index contributed by atoms with van der Waals surface area (Å²) in [6.07, 6.45) is 2.27. The lowest BCUT2D eigenvalue weighted by Gasteiger charge is -2.60. The van der Waals surface area contributed by atoms with Gasteiger partial charge in [0.15, 0.2) is 17.4 Å². The van der Waals surface area contributed by atoms with Crippen LogP contribution in [0.2, 0.25) is 5.02 Å². The molecular weight excluding hydrogens is 485 g/mol. The highest BCUT2D eigenvalue weighted by atomic mass is 35.5. The predicted octanol–water partition coefficient (Wildman–Crippen LogP) is 2.89. The average molecular weight is 512 g/mol. The number of nitrogens with zero attached hydrogens (tertiary/aromatic N) is 7. The van der Waals surface area contributed by atoms with Crippen LogP contribution in [0, 0.1) is 11.2 Å². The van der Waals surface area contributed by atoms with Crippen LogP contribution in [0.3, 0.4) is 0 Å². The van der Waals surface area contributed by atoms with Crippen molar-refractivity contribution in [1.82, 2.24) is 24.6 Å². The van der Waals surface area contributed by atoms with Crippen LogP contribution in [0.25, 0.3) is 5.69 Å². The first-order valence-electron chi connectivity index (χ1n) is 12.3. The van der Waals surface area contributed by atoms with Gasteiger partial charge in [0.05, 0.1) is 32.1 Å². The largest absolute Gasteiger partial charge is 0.493 e. The van der Waals surface area contributed by atoms with Gasteiger partial charge in [-0.05, 0) is 30.2 Å². The summed E-state index contributed by atoms with van der Waals surface area (Å²) in [6, 6.07) is 7.83. The van der Waals surface area contributed by atoms with Crippen molar-refractivity contribution in [1.29, 1.82) is 0 Å². The van der Waals surface area contributed by atoms with Gasteiger partial charge in [0.1, 0.15) is 5.82 Å². The molecule has 3 saturated heterocycles. The average Bonchev–Trinajstić information content (AvgIpc) is 3.46. The van der Waals surface area contributed by atoms with E-state index in [4.69, 9.17) is 21.1 Å². The van der Waals surface area contributed by atoms with Crippen LogP contribution in [0.15, 0.2) is 30.5 Å². The number of methoxy groups -OCH3 is 1. The van der Waals surface area contributed by atoms with Crippen LogP contribution in [-0.4, -0.2) is 77.2 Å². The van der Waals surface area contributed by atoms with E-state index in [0.29, 0.717) is 17.6 Å². The maximum absolute atomic E-state index is 13.6. The maximum atomic E-state index is 13.6. The molecule has 1 aromatic carbocycles. The summed E-state index contributed by atoms with van der Waals surface area (Å²) in [4.78, 5) is 11.2. The number of pyridine rings is 1. The lowest BCUT2D eigenvalue weighted by molar-refractivity contribution is 0.133. The van der Waals surface area contributed by atoms with Gasteiger partial charge in [-0.25, -0.2) is 9.37 Å². The van der Waals surface area contributed by atoms with Crippen LogP contribution in [0.1, 0.15) is 17.8 Å². The Kier molecular flexibility index (Phi) is 5.13. The highest BCUT2D eigenvalue weighted by molar-refractivity contribution is 6.30. The monoisotopic (exact) mass is 511 g/mol. The van der Waals surface area contributed by atoms with Crippen molar-refractivity contribution in [2.24, 2.45) is 5.41 Å². The molecule has 1 atom stereocenters. The normalized spacial score (nSPS) is 22.6. The number of benzene rings is 1. The Morgan fingerprint density at radius 1 is 1.11 bits per heavy atom. The second-order valence-electron chi connectivity index (χ2n) is 10.3. The van der Waals surface area contributed by atoms with Gasteiger partial charge in [-0.2, -0.15) is 0 Å². The summed E-state index contributed by atoms with van der Waals surface area (Å²) in [6.45, 7) is 6.53. The number of hydrogen-bond acceptors (Lipinski definition) is 8. The summed E-state index contributed by atoms with van der Waals surface area (Å²) >= 11 is 6.40. The molecule has 0 unspecified atom stereocenters. The molecule has 0 bridgehead atoms. The second-order valence-corrected chi connectivity index (χ2v) is 10.8. The molecule has 36 heavy (non-hydrogen) atoms. The maximum Gasteiger partial charge on any atom is 0.231 e. The molecule has 0 aliphatic carbocycles. The lowest BCUT2D eigenvalue weighted by Crippen LogP contribution is -2.73. The zero-order valence-electron chi connectivity index (χ0n) is 20.0. The number of anilines is 2. The Morgan fingerprint density at radius 2 is 1.94 bits per heavy atom. The van der Waals surface area contributed by atoms with Crippen molar-refractivity contribution in [3.8, 4) is 11.4 Å². The van der Waals surface area contributed by atoms with Gasteiger partial charge < -0.3 is 19.3 Å². The van der Waals surface area contributed by atoms with Crippen LogP contribution in [-0.2, 0) is 17.8 Å². The number of hydrogen-bond donors (Lipinski definition) is 0. The predicted molar refractivity (Wildman–Crippen MR) is 132 cm³/mol. The molecule has 0 saturated carbocycles. The summed E-state index contributed by atoms with van der Waals surface area (Å²) in [5, 5.41) is 10.0. The van der Waals surface area contributed by atoms with Crippen molar-refractivity contribution in [3.63, 3.8) is 0 Å². The van der Waals surface area contributed by atoms with Crippen LogP contribution >= 0.6 is 11.6 Å². The molecular formula is C25H27ClFN7O2. The second kappa shape index (κ2) is 8.29. The van der Waals surface area contributed by atoms with Crippen molar-refractivity contribution < 1.29 is 13.9 Å². The summed E-state index contributed by atoms with van der Waals surface area (Å²) in [7, 11) is 1.55. The fraction of sp³-hybridized carbons (Fsp3) is 0.480. The minimum Gasteiger partial charge on any atom is -0.493 e. The molecule has 4 aliphatic heterocycles. The fourth-order valence-corrected chi connectivity index (χ4v) is 6.30. The van der Waals surface area contributed by atoms with Crippen molar-refractivity contribution in [3.05, 3.63) is 52.7 Å². The summed E-state index contributed by atoms with van der Waals surface area (Å²) in [5.41, 5.74) is 2.43. The van der Waals surface area contributed by atoms with E-state index in [9.17, 15) is 4.39 Å². The molecule has 1 spiro atoms. The Bertz CT molecular complexity index is 1310. The topological polar surface area (TPSA) is 71.8 Å². The van der Waals surface area contributed by atoms with Crippen molar-refractivity contribution in [2.75, 3.05) is 56.3 Å². The van der Waals surface area contributed by atoms with E-state index in [1.54, 1.807) is 7.11 Å². The van der Waals surface area contributed by atoms with Crippen LogP contribution < -0.4 is 14.5 Å². The smallest absolute Gasteiger partial charge is 0.231 e. The molecule has 9 nitrogen and oxygen atoms in total. The van der Waals surface area contributed by atoms with E-state index in [2.05, 4.69) is 46.6 Å². The quantitative estimate of drug-likeness (QED) is 0.529. The van der Waals surface area contributed by atoms with Crippen molar-refractivity contribution >= 4 is 23.4 Å². The Morgan fingerprint density at radius 3 is 2.72 bits per heavy atom. The Labute approximate surface area is 213 Å². The molecule has 0 N–H and O–H groups in total. The summed E-state index contributed by atoms with van der Waals surface area (Å²) in [5.74, 6) is 2.58. The van der Waals surface area contributed by atoms with E-state index < -0.39 is 5.82 Å². The zero-order chi connectivity index (χ0) is 24.4. The number of ether oxygens (including phenoxy) is 2. The Balaban J connectivity index is 1.13. The van der Waals surface area contributed by atoms with Gasteiger partial charge in [-0.3, -0.25) is 9.47 Å². The van der Waals surface area contributed by atoms with Crippen LogP contribution in [0.5, 0.6) is 5.75 Å². The highest BCUT2D eigenvalue weighted by Gasteiger charge is 2.54. The third-order valence-corrected chi connectivity index (χ3v) is 8.08. The van der Waals surface area contributed by atoms with Gasteiger partial charge >= 0.3 is 0 Å². The molecule has 2 aromatic heterocycles. The van der Waals surface area contributed by atoms with E-state index in [0.717, 1.165) is 81.4 Å². The van der Waals surface area contributed by atoms with Gasteiger partial charge in [-0.15, -0.1) is 10.2 Å². The first-order valence-corrected chi connectivity index (χ1v) is 12.6. The SMILES string of the molecule is COc1cc(F)cnc1N1CC2(C1)CN(c1nnc3n1-c1ccc(Cl)cc1CN([C@@H]1CCOC1)C3)C2. The number of rotatable bonds is 4. The molecule has 4 aliphatic rings. The van der Waals surface area contributed by atoms with Crippen LogP contribution in [0.4, 0.5) is 16.2 Å². The molecule has 6 heterocycles. The third-order valence-electron chi connectivity index (χ3n) is 7.84. The number of halogens is 2. The number of fused-ring (bicyclic) bond motifs is 3. The third kappa shape index (κ3) is 3.54. The van der Waals surface area contributed by atoms with Crippen molar-refractivity contribution in [2.45, 2.75) is 25.6 Å². The standard InChI is InChI=1S/C25H27ClFN7O2/c1-35-21-7-18(27)8-28-23(21)32-12-25(13-32)14-33(15-25)24-30-29-22-10-31(19-4-5-36-11-19)9-16-6-17(26)2-3-20(16)34(22)24/h2-3,6-8,19H,4-5,9-15H2,1H3/t19-/m1/s1. The minimum absolute atomic E-state index is 0.161. The number of aromatic nitrogens is 4. The Hall–Kier alpha value is -2.95. The highest BCUT2D eigenvalue weighted by Crippen LogP contribution is 2.45. The minimum atomic E-state index is -0.395. The van der Waals surface area contributed by atoms with Gasteiger partial charge in [0.25, 0.3) is 0 Å². The van der Waals surface area contributed by atoms with E-state index in [-0.39, 0.29) is 5.41 Å². The first kappa shape index (κ1) is 22.3. The fourth-order valence-electron chi connectivity index (χ4n) is 6.10. The molecule has 3 fully saturated rings. The molecule has 11 heteroatoms. The van der Waals surface area contributed by atoms with Gasteiger partial charge in [0.2, 0.25) is 5.95 Å². The van der Waals surface area contributed by atoms with Gasteiger partial charge in [-0.1, -0.05) is 11.6 Å². The summed E-state index contributed by atoms with van der Waals surface area (Å²) < 4.78 is 26.8. The molecule has 7 rings (SSSR count). The molecule has 188 valence electrons. The van der Waals surface area contributed by atoms with E-state index >= 15 is 0 Å². The van der Waals surface area contributed by atoms with E-state index in [1.807, 2.05) is 6.07 Å². The first-order chi connectivity index (χ1) is 17.5. The lowest BCUT2D eigenvalue weighted by atomic mass is 9.73. The molecule has 0 amide bonds. The molecule has 0 radical (unpaired) electrons. The van der Waals surface area contributed by atoms with E-state index in [1.165, 1.54) is 17.8 Å². The zero-order valence-corrected chi connectivity index (χ0v) is 20.8. The van der Waals surface area contributed by atoms with Gasteiger partial charge in [0, 0.05) is 61.9 Å².